The Hall–Kier alpha value is -2.41. The summed E-state index contributed by atoms with van der Waals surface area (Å²) in [7, 11) is 1.58. The van der Waals surface area contributed by atoms with Crippen LogP contribution >= 0.6 is 11.3 Å². The molecule has 7 heteroatoms. The van der Waals surface area contributed by atoms with E-state index in [2.05, 4.69) is 29.2 Å². The SMILES string of the molecule is COc1cccn2ncc(C(=O)NCc3nc(C(C)C)cs3)c12. The van der Waals surface area contributed by atoms with Crippen LogP contribution in [0.4, 0.5) is 0 Å². The van der Waals surface area contributed by atoms with Crippen molar-refractivity contribution in [2.45, 2.75) is 26.3 Å². The Bertz CT molecular complexity index is 838. The van der Waals surface area contributed by atoms with Gasteiger partial charge in [-0.1, -0.05) is 13.8 Å². The molecular formula is C16H18N4O2S. The van der Waals surface area contributed by atoms with E-state index in [9.17, 15) is 4.79 Å². The Kier molecular flexibility index (Phi) is 4.29. The third-order valence-electron chi connectivity index (χ3n) is 3.53. The van der Waals surface area contributed by atoms with Gasteiger partial charge in [0.25, 0.3) is 5.91 Å². The number of rotatable bonds is 5. The topological polar surface area (TPSA) is 68.5 Å². The minimum Gasteiger partial charge on any atom is -0.494 e. The van der Waals surface area contributed by atoms with Gasteiger partial charge in [-0.15, -0.1) is 11.3 Å². The van der Waals surface area contributed by atoms with Crippen molar-refractivity contribution in [3.63, 3.8) is 0 Å². The third kappa shape index (κ3) is 3.05. The number of thiazole rings is 1. The first-order valence-electron chi connectivity index (χ1n) is 7.33. The number of ether oxygens (including phenoxy) is 1. The number of nitrogens with zero attached hydrogens (tertiary/aromatic N) is 3. The summed E-state index contributed by atoms with van der Waals surface area (Å²) in [6.45, 7) is 4.61. The van der Waals surface area contributed by atoms with Crippen LogP contribution < -0.4 is 10.1 Å². The van der Waals surface area contributed by atoms with Crippen LogP contribution in [0.2, 0.25) is 0 Å². The molecule has 0 spiro atoms. The van der Waals surface area contributed by atoms with E-state index in [-0.39, 0.29) is 5.91 Å². The molecule has 0 saturated carbocycles. The van der Waals surface area contributed by atoms with Gasteiger partial charge < -0.3 is 10.1 Å². The van der Waals surface area contributed by atoms with E-state index < -0.39 is 0 Å². The Morgan fingerprint density at radius 1 is 1.48 bits per heavy atom. The smallest absolute Gasteiger partial charge is 0.255 e. The maximum absolute atomic E-state index is 12.5. The van der Waals surface area contributed by atoms with Crippen LogP contribution in [0.15, 0.2) is 29.9 Å². The van der Waals surface area contributed by atoms with Gasteiger partial charge in [-0.25, -0.2) is 9.50 Å². The fourth-order valence-corrected chi connectivity index (χ4v) is 3.16. The van der Waals surface area contributed by atoms with Gasteiger partial charge >= 0.3 is 0 Å². The minimum absolute atomic E-state index is 0.189. The lowest BCUT2D eigenvalue weighted by Crippen LogP contribution is -2.22. The Morgan fingerprint density at radius 2 is 2.30 bits per heavy atom. The normalized spacial score (nSPS) is 11.1. The highest BCUT2D eigenvalue weighted by Crippen LogP contribution is 2.23. The van der Waals surface area contributed by atoms with Crippen molar-refractivity contribution in [3.05, 3.63) is 46.2 Å². The number of carbonyl (C=O) groups is 1. The zero-order valence-electron chi connectivity index (χ0n) is 13.2. The number of pyridine rings is 1. The first-order chi connectivity index (χ1) is 11.1. The second-order valence-corrected chi connectivity index (χ2v) is 6.37. The Balaban J connectivity index is 1.78. The van der Waals surface area contributed by atoms with E-state index in [1.165, 1.54) is 0 Å². The van der Waals surface area contributed by atoms with Crippen LogP contribution in [0.5, 0.6) is 5.75 Å². The van der Waals surface area contributed by atoms with Crippen molar-refractivity contribution in [1.29, 1.82) is 0 Å². The third-order valence-corrected chi connectivity index (χ3v) is 4.40. The first-order valence-corrected chi connectivity index (χ1v) is 8.21. The molecule has 3 aromatic heterocycles. The van der Waals surface area contributed by atoms with Crippen molar-refractivity contribution in [3.8, 4) is 5.75 Å². The lowest BCUT2D eigenvalue weighted by Gasteiger charge is -2.05. The number of carbonyl (C=O) groups excluding carboxylic acids is 1. The van der Waals surface area contributed by atoms with Crippen molar-refractivity contribution < 1.29 is 9.53 Å². The zero-order chi connectivity index (χ0) is 16.4. The molecule has 0 bridgehead atoms. The molecular weight excluding hydrogens is 312 g/mol. The summed E-state index contributed by atoms with van der Waals surface area (Å²) in [5.74, 6) is 0.817. The van der Waals surface area contributed by atoms with Crippen LogP contribution in [0, 0.1) is 0 Å². The second kappa shape index (κ2) is 6.37. The predicted octanol–water partition coefficient (Wildman–Crippen LogP) is 2.85. The highest BCUT2D eigenvalue weighted by molar-refractivity contribution is 7.09. The summed E-state index contributed by atoms with van der Waals surface area (Å²) >= 11 is 1.56. The summed E-state index contributed by atoms with van der Waals surface area (Å²) in [5.41, 5.74) is 2.20. The van der Waals surface area contributed by atoms with Crippen LogP contribution in [-0.2, 0) is 6.54 Å². The lowest BCUT2D eigenvalue weighted by atomic mass is 10.2. The summed E-state index contributed by atoms with van der Waals surface area (Å²) in [6.07, 6.45) is 3.33. The highest BCUT2D eigenvalue weighted by atomic mass is 32.1. The Morgan fingerprint density at radius 3 is 3.00 bits per heavy atom. The number of hydrogen-bond donors (Lipinski definition) is 1. The standard InChI is InChI=1S/C16H18N4O2S/c1-10(2)12-9-23-14(19-12)8-17-16(21)11-7-18-20-6-4-5-13(22-3)15(11)20/h4-7,9-10H,8H2,1-3H3,(H,17,21). The number of hydrogen-bond acceptors (Lipinski definition) is 5. The molecule has 0 atom stereocenters. The van der Waals surface area contributed by atoms with E-state index in [0.29, 0.717) is 29.3 Å². The lowest BCUT2D eigenvalue weighted by molar-refractivity contribution is 0.0952. The maximum Gasteiger partial charge on any atom is 0.255 e. The molecule has 0 saturated heterocycles. The molecule has 0 unspecified atom stereocenters. The van der Waals surface area contributed by atoms with E-state index in [0.717, 1.165) is 10.7 Å². The Labute approximate surface area is 138 Å². The molecule has 0 radical (unpaired) electrons. The largest absolute Gasteiger partial charge is 0.494 e. The molecule has 6 nitrogen and oxygen atoms in total. The molecule has 3 heterocycles. The van der Waals surface area contributed by atoms with Crippen molar-refractivity contribution >= 4 is 22.8 Å². The first kappa shape index (κ1) is 15.5. The molecule has 23 heavy (non-hydrogen) atoms. The molecule has 1 N–H and O–H groups in total. The monoisotopic (exact) mass is 330 g/mol. The summed E-state index contributed by atoms with van der Waals surface area (Å²) in [6, 6.07) is 3.63. The zero-order valence-corrected chi connectivity index (χ0v) is 14.1. The van der Waals surface area contributed by atoms with E-state index in [1.54, 1.807) is 35.4 Å². The number of methoxy groups -OCH3 is 1. The van der Waals surface area contributed by atoms with Crippen molar-refractivity contribution in [2.24, 2.45) is 0 Å². The summed E-state index contributed by atoms with van der Waals surface area (Å²) in [5, 5.41) is 10.0. The van der Waals surface area contributed by atoms with E-state index >= 15 is 0 Å². The van der Waals surface area contributed by atoms with Crippen molar-refractivity contribution in [2.75, 3.05) is 7.11 Å². The number of fused-ring (bicyclic) bond motifs is 1. The molecule has 0 aliphatic carbocycles. The molecule has 120 valence electrons. The minimum atomic E-state index is -0.189. The van der Waals surface area contributed by atoms with Gasteiger partial charge in [0.15, 0.2) is 0 Å². The maximum atomic E-state index is 12.5. The van der Waals surface area contributed by atoms with Crippen LogP contribution in [0.25, 0.3) is 5.52 Å². The fraction of sp³-hybridized carbons (Fsp3) is 0.312. The number of aromatic nitrogens is 3. The molecule has 0 aromatic carbocycles. The van der Waals surface area contributed by atoms with Gasteiger partial charge in [-0.2, -0.15) is 5.10 Å². The van der Waals surface area contributed by atoms with Gasteiger partial charge in [0, 0.05) is 11.6 Å². The van der Waals surface area contributed by atoms with Gasteiger partial charge in [-0.3, -0.25) is 4.79 Å². The highest BCUT2D eigenvalue weighted by Gasteiger charge is 2.16. The average molecular weight is 330 g/mol. The average Bonchev–Trinajstić information content (AvgIpc) is 3.19. The van der Waals surface area contributed by atoms with E-state index in [1.807, 2.05) is 17.5 Å². The molecule has 0 aliphatic heterocycles. The quantitative estimate of drug-likeness (QED) is 0.781. The molecule has 3 aromatic rings. The second-order valence-electron chi connectivity index (χ2n) is 5.43. The van der Waals surface area contributed by atoms with Crippen LogP contribution in [0.1, 0.15) is 40.8 Å². The molecule has 1 amide bonds. The predicted molar refractivity (Wildman–Crippen MR) is 89.1 cm³/mol. The molecule has 3 rings (SSSR count). The molecule has 0 aliphatic rings. The number of amides is 1. The van der Waals surface area contributed by atoms with Gasteiger partial charge in [-0.05, 0) is 18.1 Å². The summed E-state index contributed by atoms with van der Waals surface area (Å²) in [4.78, 5) is 17.0. The van der Waals surface area contributed by atoms with Gasteiger partial charge in [0.1, 0.15) is 16.3 Å². The molecule has 0 fully saturated rings. The van der Waals surface area contributed by atoms with Crippen LogP contribution in [-0.4, -0.2) is 27.6 Å². The van der Waals surface area contributed by atoms with Crippen molar-refractivity contribution in [1.82, 2.24) is 19.9 Å². The van der Waals surface area contributed by atoms with Gasteiger partial charge in [0.05, 0.1) is 31.1 Å². The summed E-state index contributed by atoms with van der Waals surface area (Å²) < 4.78 is 6.95. The number of nitrogens with one attached hydrogen (secondary N) is 1. The van der Waals surface area contributed by atoms with Gasteiger partial charge in [0.2, 0.25) is 0 Å². The van der Waals surface area contributed by atoms with E-state index in [4.69, 9.17) is 4.74 Å². The fourth-order valence-electron chi connectivity index (χ4n) is 2.27. The van der Waals surface area contributed by atoms with Crippen LogP contribution in [0.3, 0.4) is 0 Å².